The lowest BCUT2D eigenvalue weighted by molar-refractivity contribution is -0.140. The minimum Gasteiger partial charge on any atom is -0.480 e. The zero-order valence-corrected chi connectivity index (χ0v) is 13.1. The van der Waals surface area contributed by atoms with Crippen LogP contribution in [-0.2, 0) is 16.0 Å². The first-order chi connectivity index (χ1) is 9.72. The molecule has 5 heteroatoms. The summed E-state index contributed by atoms with van der Waals surface area (Å²) in [7, 11) is 0. The van der Waals surface area contributed by atoms with Crippen molar-refractivity contribution in [3.05, 3.63) is 29.8 Å². The van der Waals surface area contributed by atoms with Crippen LogP contribution in [0.3, 0.4) is 0 Å². The molecule has 0 unspecified atom stereocenters. The molecule has 0 atom stereocenters. The highest BCUT2D eigenvalue weighted by Gasteiger charge is 2.25. The number of carbonyl (C=O) groups excluding carboxylic acids is 1. The second-order valence-electron chi connectivity index (χ2n) is 6.02. The largest absolute Gasteiger partial charge is 0.480 e. The van der Waals surface area contributed by atoms with Crippen molar-refractivity contribution in [2.45, 2.75) is 39.7 Å². The molecule has 1 aromatic rings. The molecule has 0 saturated carbocycles. The number of anilines is 1. The summed E-state index contributed by atoms with van der Waals surface area (Å²) in [6.45, 7) is 7.61. The molecule has 0 heterocycles. The first-order valence-corrected chi connectivity index (χ1v) is 7.08. The summed E-state index contributed by atoms with van der Waals surface area (Å²) in [4.78, 5) is 24.6. The molecule has 1 rings (SSSR count). The number of nitrogens with zero attached hydrogens (tertiary/aromatic N) is 1. The third-order valence-electron chi connectivity index (χ3n) is 3.23. The van der Waals surface area contributed by atoms with Crippen LogP contribution in [0.5, 0.6) is 0 Å². The molecule has 116 valence electrons. The maximum absolute atomic E-state index is 12.1. The van der Waals surface area contributed by atoms with Crippen molar-refractivity contribution >= 4 is 17.6 Å². The van der Waals surface area contributed by atoms with E-state index in [1.807, 2.05) is 45.0 Å². The normalized spacial score (nSPS) is 11.5. The molecule has 21 heavy (non-hydrogen) atoms. The van der Waals surface area contributed by atoms with Crippen LogP contribution >= 0.6 is 0 Å². The van der Waals surface area contributed by atoms with Crippen LogP contribution in [0.1, 0.15) is 33.3 Å². The molecule has 1 aromatic carbocycles. The van der Waals surface area contributed by atoms with Gasteiger partial charge in [0.05, 0.1) is 13.1 Å². The van der Waals surface area contributed by atoms with E-state index < -0.39 is 5.97 Å². The van der Waals surface area contributed by atoms with Gasteiger partial charge >= 0.3 is 5.97 Å². The Morgan fingerprint density at radius 1 is 1.24 bits per heavy atom. The van der Waals surface area contributed by atoms with E-state index in [0.717, 1.165) is 17.7 Å². The fraction of sp³-hybridized carbons (Fsp3) is 0.500. The highest BCUT2D eigenvalue weighted by atomic mass is 16.4. The van der Waals surface area contributed by atoms with E-state index in [-0.39, 0.29) is 24.5 Å². The predicted octanol–water partition coefficient (Wildman–Crippen LogP) is 2.37. The Morgan fingerprint density at radius 2 is 1.90 bits per heavy atom. The molecule has 0 saturated heterocycles. The second kappa shape index (κ2) is 7.22. The number of aliphatic carboxylic acids is 1. The number of rotatable bonds is 6. The fourth-order valence-electron chi connectivity index (χ4n) is 1.94. The molecule has 0 radical (unpaired) electrons. The summed E-state index contributed by atoms with van der Waals surface area (Å²) in [5.41, 5.74) is 1.50. The monoisotopic (exact) mass is 292 g/mol. The second-order valence-corrected chi connectivity index (χ2v) is 6.02. The minimum absolute atomic E-state index is 0.0478. The average molecular weight is 292 g/mol. The molecule has 1 amide bonds. The van der Waals surface area contributed by atoms with E-state index >= 15 is 0 Å². The lowest BCUT2D eigenvalue weighted by Crippen LogP contribution is -2.48. The van der Waals surface area contributed by atoms with Crippen LogP contribution < -0.4 is 5.32 Å². The van der Waals surface area contributed by atoms with E-state index in [9.17, 15) is 9.59 Å². The number of hydrogen-bond acceptors (Lipinski definition) is 3. The Hall–Kier alpha value is -1.88. The van der Waals surface area contributed by atoms with E-state index in [0.29, 0.717) is 0 Å². The smallest absolute Gasteiger partial charge is 0.317 e. The zero-order valence-electron chi connectivity index (χ0n) is 13.1. The maximum Gasteiger partial charge on any atom is 0.317 e. The van der Waals surface area contributed by atoms with Crippen molar-refractivity contribution in [2.75, 3.05) is 18.4 Å². The van der Waals surface area contributed by atoms with Crippen LogP contribution in [0.15, 0.2) is 24.3 Å². The lowest BCUT2D eigenvalue weighted by atomic mass is 10.1. The third-order valence-corrected chi connectivity index (χ3v) is 3.23. The first kappa shape index (κ1) is 17.2. The van der Waals surface area contributed by atoms with Gasteiger partial charge in [-0.2, -0.15) is 0 Å². The van der Waals surface area contributed by atoms with Crippen molar-refractivity contribution in [3.8, 4) is 0 Å². The van der Waals surface area contributed by atoms with E-state index in [1.54, 1.807) is 4.90 Å². The van der Waals surface area contributed by atoms with Gasteiger partial charge in [-0.1, -0.05) is 19.1 Å². The summed E-state index contributed by atoms with van der Waals surface area (Å²) < 4.78 is 0. The van der Waals surface area contributed by atoms with Crippen molar-refractivity contribution < 1.29 is 14.7 Å². The molecule has 0 fully saturated rings. The molecule has 0 spiro atoms. The SMILES string of the molecule is CCc1cccc(NC(=O)CN(CC(=O)O)C(C)(C)C)c1. The highest BCUT2D eigenvalue weighted by molar-refractivity contribution is 5.92. The zero-order chi connectivity index (χ0) is 16.0. The van der Waals surface area contributed by atoms with Gasteiger partial charge < -0.3 is 10.4 Å². The highest BCUT2D eigenvalue weighted by Crippen LogP contribution is 2.14. The predicted molar refractivity (Wildman–Crippen MR) is 83.4 cm³/mol. The Balaban J connectivity index is 2.71. The summed E-state index contributed by atoms with van der Waals surface area (Å²) in [5.74, 6) is -1.15. The average Bonchev–Trinajstić information content (AvgIpc) is 2.36. The summed E-state index contributed by atoms with van der Waals surface area (Å²) in [6, 6.07) is 7.65. The van der Waals surface area contributed by atoms with Gasteiger partial charge in [-0.3, -0.25) is 14.5 Å². The third kappa shape index (κ3) is 5.95. The van der Waals surface area contributed by atoms with Gasteiger partial charge in [0.1, 0.15) is 0 Å². The Labute approximate surface area is 126 Å². The van der Waals surface area contributed by atoms with Crippen LogP contribution in [0.2, 0.25) is 0 Å². The molecule has 2 N–H and O–H groups in total. The number of carboxylic acid groups (broad SMARTS) is 1. The summed E-state index contributed by atoms with van der Waals surface area (Å²) in [6.07, 6.45) is 0.900. The van der Waals surface area contributed by atoms with Gasteiger partial charge in [-0.25, -0.2) is 0 Å². The number of benzene rings is 1. The topological polar surface area (TPSA) is 69.6 Å². The van der Waals surface area contributed by atoms with E-state index in [4.69, 9.17) is 5.11 Å². The quantitative estimate of drug-likeness (QED) is 0.844. The summed E-state index contributed by atoms with van der Waals surface area (Å²) in [5, 5.41) is 11.8. The van der Waals surface area contributed by atoms with Crippen LogP contribution in [0.4, 0.5) is 5.69 Å². The van der Waals surface area contributed by atoms with Crippen molar-refractivity contribution in [1.82, 2.24) is 4.90 Å². The van der Waals surface area contributed by atoms with Gasteiger partial charge in [0.2, 0.25) is 5.91 Å². The number of carbonyl (C=O) groups is 2. The molecule has 0 aliphatic heterocycles. The summed E-state index contributed by atoms with van der Waals surface area (Å²) >= 11 is 0. The molecular formula is C16H24N2O3. The Morgan fingerprint density at radius 3 is 2.43 bits per heavy atom. The molecule has 5 nitrogen and oxygen atoms in total. The van der Waals surface area contributed by atoms with Crippen LogP contribution in [0.25, 0.3) is 0 Å². The Bertz CT molecular complexity index is 506. The number of nitrogens with one attached hydrogen (secondary N) is 1. The molecular weight excluding hydrogens is 268 g/mol. The van der Waals surface area contributed by atoms with Gasteiger partial charge in [0, 0.05) is 11.2 Å². The minimum atomic E-state index is -0.939. The van der Waals surface area contributed by atoms with Gasteiger partial charge in [0.25, 0.3) is 0 Å². The van der Waals surface area contributed by atoms with Crippen molar-refractivity contribution in [2.24, 2.45) is 0 Å². The fourth-order valence-corrected chi connectivity index (χ4v) is 1.94. The maximum atomic E-state index is 12.1. The lowest BCUT2D eigenvalue weighted by Gasteiger charge is -2.33. The van der Waals surface area contributed by atoms with Crippen LogP contribution in [0, 0.1) is 0 Å². The van der Waals surface area contributed by atoms with Gasteiger partial charge in [-0.15, -0.1) is 0 Å². The van der Waals surface area contributed by atoms with Crippen molar-refractivity contribution in [1.29, 1.82) is 0 Å². The standard InChI is InChI=1S/C16H24N2O3/c1-5-12-7-6-8-13(9-12)17-14(19)10-18(11-15(20)21)16(2,3)4/h6-9H,5,10-11H2,1-4H3,(H,17,19)(H,20,21). The molecule has 0 aromatic heterocycles. The molecule has 0 aliphatic rings. The number of hydrogen-bond donors (Lipinski definition) is 2. The van der Waals surface area contributed by atoms with Crippen LogP contribution in [-0.4, -0.2) is 40.5 Å². The number of amides is 1. The molecule has 0 aliphatic carbocycles. The van der Waals surface area contributed by atoms with E-state index in [2.05, 4.69) is 12.2 Å². The molecule has 0 bridgehead atoms. The van der Waals surface area contributed by atoms with Gasteiger partial charge in [0.15, 0.2) is 0 Å². The van der Waals surface area contributed by atoms with E-state index in [1.165, 1.54) is 0 Å². The number of aryl methyl sites for hydroxylation is 1. The van der Waals surface area contributed by atoms with Gasteiger partial charge in [-0.05, 0) is 44.9 Å². The number of carboxylic acids is 1. The first-order valence-electron chi connectivity index (χ1n) is 7.08. The van der Waals surface area contributed by atoms with Crippen molar-refractivity contribution in [3.63, 3.8) is 0 Å². The Kier molecular flexibility index (Phi) is 5.90.